The first-order valence-electron chi connectivity index (χ1n) is 3.76. The van der Waals surface area contributed by atoms with Crippen LogP contribution in [0.25, 0.3) is 0 Å². The Hall–Kier alpha value is -1.09. The zero-order valence-corrected chi connectivity index (χ0v) is 9.42. The molecule has 0 spiro atoms. The Morgan fingerprint density at radius 1 is 1.56 bits per heavy atom. The number of rotatable bonds is 4. The Bertz CT molecular complexity index is 416. The molecule has 88 valence electrons. The molecule has 0 fully saturated rings. The Kier molecular flexibility index (Phi) is 3.92. The topological polar surface area (TPSA) is 59.1 Å². The zero-order chi connectivity index (χ0) is 12.3. The predicted octanol–water partition coefficient (Wildman–Crippen LogP) is 2.18. The zero-order valence-electron chi connectivity index (χ0n) is 7.79. The minimum Gasteiger partial charge on any atom is -0.312 e. The van der Waals surface area contributed by atoms with Crippen LogP contribution in [0.1, 0.15) is 9.67 Å². The van der Waals surface area contributed by atoms with Crippen LogP contribution in [0, 0.1) is 0 Å². The van der Waals surface area contributed by atoms with Crippen LogP contribution in [-0.2, 0) is 4.79 Å². The van der Waals surface area contributed by atoms with E-state index in [9.17, 15) is 22.8 Å². The van der Waals surface area contributed by atoms with Gasteiger partial charge in [-0.15, -0.1) is 11.3 Å². The maximum absolute atomic E-state index is 12.2. The number of anilines is 1. The fourth-order valence-corrected chi connectivity index (χ4v) is 2.31. The van der Waals surface area contributed by atoms with Gasteiger partial charge in [0.25, 0.3) is 5.78 Å². The lowest BCUT2D eigenvalue weighted by Crippen LogP contribution is -2.22. The van der Waals surface area contributed by atoms with Crippen molar-refractivity contribution in [2.45, 2.75) is 10.5 Å². The van der Waals surface area contributed by atoms with E-state index in [1.165, 1.54) is 0 Å². The Morgan fingerprint density at radius 2 is 2.19 bits per heavy atom. The highest BCUT2D eigenvalue weighted by Gasteiger charge is 2.42. The van der Waals surface area contributed by atoms with Gasteiger partial charge >= 0.3 is 6.18 Å². The van der Waals surface area contributed by atoms with E-state index in [4.69, 9.17) is 0 Å². The van der Waals surface area contributed by atoms with Gasteiger partial charge in [0.2, 0.25) is 6.41 Å². The first-order valence-corrected chi connectivity index (χ1v) is 5.80. The van der Waals surface area contributed by atoms with E-state index < -0.39 is 16.8 Å². The van der Waals surface area contributed by atoms with Crippen LogP contribution in [0.2, 0.25) is 0 Å². The molecule has 0 saturated heterocycles. The molecule has 16 heavy (non-hydrogen) atoms. The summed E-state index contributed by atoms with van der Waals surface area (Å²) in [5.41, 5.74) is 0. The number of nitrogens with zero attached hydrogens (tertiary/aromatic N) is 1. The number of carbonyl (C=O) groups excluding carboxylic acids is 2. The Balaban J connectivity index is 3.15. The average molecular weight is 270 g/mol. The van der Waals surface area contributed by atoms with Gasteiger partial charge in [-0.1, -0.05) is 11.8 Å². The number of amides is 1. The number of aromatic nitrogens is 1. The molecule has 0 atom stereocenters. The number of thiazole rings is 1. The minimum absolute atomic E-state index is 0.173. The normalized spacial score (nSPS) is 11.2. The third-order valence-corrected chi connectivity index (χ3v) is 3.48. The number of nitrogens with one attached hydrogen (secondary N) is 1. The number of hydrogen-bond donors (Lipinski definition) is 1. The van der Waals surface area contributed by atoms with Crippen LogP contribution in [0.5, 0.6) is 0 Å². The van der Waals surface area contributed by atoms with Crippen LogP contribution in [0.4, 0.5) is 19.0 Å². The highest BCUT2D eigenvalue weighted by atomic mass is 32.2. The molecule has 1 aromatic heterocycles. The third-order valence-electron chi connectivity index (χ3n) is 1.44. The molecule has 1 amide bonds. The summed E-state index contributed by atoms with van der Waals surface area (Å²) < 4.78 is 36.8. The second-order valence-electron chi connectivity index (χ2n) is 2.45. The molecule has 0 aliphatic carbocycles. The van der Waals surface area contributed by atoms with Gasteiger partial charge in [-0.2, -0.15) is 13.2 Å². The van der Waals surface area contributed by atoms with Crippen LogP contribution in [0.15, 0.2) is 4.34 Å². The first kappa shape index (κ1) is 13.0. The monoisotopic (exact) mass is 270 g/mol. The summed E-state index contributed by atoms with van der Waals surface area (Å²) in [7, 11) is 0. The van der Waals surface area contributed by atoms with Crippen molar-refractivity contribution in [2.75, 3.05) is 11.6 Å². The summed E-state index contributed by atoms with van der Waals surface area (Å²) in [5.74, 6) is -2.36. The van der Waals surface area contributed by atoms with Crippen molar-refractivity contribution in [3.63, 3.8) is 0 Å². The van der Waals surface area contributed by atoms with Crippen LogP contribution in [0.3, 0.4) is 0 Å². The van der Waals surface area contributed by atoms with Gasteiger partial charge in [-0.3, -0.25) is 9.59 Å². The van der Waals surface area contributed by atoms with E-state index in [0.29, 0.717) is 11.3 Å². The molecule has 0 unspecified atom stereocenters. The van der Waals surface area contributed by atoms with Gasteiger partial charge in [0.15, 0.2) is 10.2 Å². The van der Waals surface area contributed by atoms with Gasteiger partial charge in [-0.25, -0.2) is 4.98 Å². The van der Waals surface area contributed by atoms with Crippen LogP contribution >= 0.6 is 23.1 Å². The summed E-state index contributed by atoms with van der Waals surface area (Å²) in [6.45, 7) is 0. The maximum Gasteiger partial charge on any atom is 0.455 e. The third kappa shape index (κ3) is 2.73. The predicted molar refractivity (Wildman–Crippen MR) is 54.0 cm³/mol. The number of ketones is 1. The number of halogens is 3. The number of Topliss-reactive ketones (excluding diaryl/α,β-unsaturated/α-hetero) is 1. The van der Waals surface area contributed by atoms with E-state index in [1.54, 1.807) is 6.26 Å². The minimum atomic E-state index is -4.97. The van der Waals surface area contributed by atoms with Crippen molar-refractivity contribution in [3.05, 3.63) is 4.88 Å². The maximum atomic E-state index is 12.2. The molecular weight excluding hydrogens is 265 g/mol. The molecule has 1 N–H and O–H groups in total. The molecular formula is C7H5F3N2O2S2. The van der Waals surface area contributed by atoms with E-state index >= 15 is 0 Å². The highest BCUT2D eigenvalue weighted by Crippen LogP contribution is 2.33. The lowest BCUT2D eigenvalue weighted by Gasteiger charge is -2.03. The molecule has 4 nitrogen and oxygen atoms in total. The molecule has 1 rings (SSSR count). The number of thioether (sulfide) groups is 1. The lowest BCUT2D eigenvalue weighted by molar-refractivity contribution is -0.105. The summed E-state index contributed by atoms with van der Waals surface area (Å²) in [5, 5.41) is 1.97. The molecule has 1 aromatic rings. The molecule has 0 aromatic carbocycles. The van der Waals surface area contributed by atoms with Gasteiger partial charge in [0, 0.05) is 0 Å². The van der Waals surface area contributed by atoms with Gasteiger partial charge < -0.3 is 5.32 Å². The summed E-state index contributed by atoms with van der Waals surface area (Å²) in [4.78, 5) is 24.2. The van der Waals surface area contributed by atoms with Crippen molar-refractivity contribution in [3.8, 4) is 0 Å². The molecule has 0 saturated carbocycles. The molecule has 0 aliphatic rings. The Morgan fingerprint density at radius 3 is 2.62 bits per heavy atom. The molecule has 0 radical (unpaired) electrons. The van der Waals surface area contributed by atoms with Crippen molar-refractivity contribution in [1.29, 1.82) is 0 Å². The summed E-state index contributed by atoms with van der Waals surface area (Å²) in [6.07, 6.45) is -3.20. The van der Waals surface area contributed by atoms with Gasteiger partial charge in [-0.05, 0) is 6.26 Å². The molecule has 9 heteroatoms. The molecule has 1 heterocycles. The SMILES string of the molecule is CSc1nc(NC=O)c(C(=O)C(F)(F)F)s1. The second kappa shape index (κ2) is 4.83. The van der Waals surface area contributed by atoms with Crippen molar-refractivity contribution < 1.29 is 22.8 Å². The quantitative estimate of drug-likeness (QED) is 0.517. The lowest BCUT2D eigenvalue weighted by atomic mass is 10.3. The van der Waals surface area contributed by atoms with Crippen LogP contribution < -0.4 is 5.32 Å². The van der Waals surface area contributed by atoms with E-state index in [1.807, 2.05) is 5.32 Å². The van der Waals surface area contributed by atoms with Gasteiger partial charge in [0.1, 0.15) is 4.88 Å². The van der Waals surface area contributed by atoms with E-state index in [2.05, 4.69) is 4.98 Å². The van der Waals surface area contributed by atoms with Crippen molar-refractivity contribution in [2.24, 2.45) is 0 Å². The fraction of sp³-hybridized carbons (Fsp3) is 0.286. The Labute approximate surface area is 96.2 Å². The van der Waals surface area contributed by atoms with E-state index in [0.717, 1.165) is 11.8 Å². The fourth-order valence-electron chi connectivity index (χ4n) is 0.824. The van der Waals surface area contributed by atoms with Crippen molar-refractivity contribution in [1.82, 2.24) is 4.98 Å². The second-order valence-corrected chi connectivity index (χ2v) is 4.50. The number of alkyl halides is 3. The number of carbonyl (C=O) groups is 2. The first-order chi connectivity index (χ1) is 7.40. The van der Waals surface area contributed by atoms with Crippen LogP contribution in [-0.4, -0.2) is 29.6 Å². The highest BCUT2D eigenvalue weighted by molar-refractivity contribution is 8.00. The standard InChI is InChI=1S/C7H5F3N2O2S2/c1-15-6-12-5(11-2-13)3(16-6)4(14)7(8,9)10/h2H,1H3,(H,11,13). The van der Waals surface area contributed by atoms with E-state index in [-0.39, 0.29) is 16.6 Å². The van der Waals surface area contributed by atoms with Gasteiger partial charge in [0.05, 0.1) is 0 Å². The average Bonchev–Trinajstić information content (AvgIpc) is 2.59. The molecule has 0 aliphatic heterocycles. The summed E-state index contributed by atoms with van der Waals surface area (Å²) >= 11 is 1.68. The molecule has 0 bridgehead atoms. The summed E-state index contributed by atoms with van der Waals surface area (Å²) in [6, 6.07) is 0. The largest absolute Gasteiger partial charge is 0.455 e. The van der Waals surface area contributed by atoms with Crippen molar-refractivity contribution >= 4 is 41.1 Å². The smallest absolute Gasteiger partial charge is 0.312 e. The number of hydrogen-bond acceptors (Lipinski definition) is 5.